The summed E-state index contributed by atoms with van der Waals surface area (Å²) in [6, 6.07) is 5.43. The minimum absolute atomic E-state index is 0.429. The minimum atomic E-state index is -0.429. The molecule has 0 amide bonds. The van der Waals surface area contributed by atoms with Crippen LogP contribution in [-0.4, -0.2) is 28.5 Å². The molecule has 0 aromatic carbocycles. The molecule has 3 nitrogen and oxygen atoms in total. The number of nitrogens with zero attached hydrogens (tertiary/aromatic N) is 3. The fourth-order valence-electron chi connectivity index (χ4n) is 3.85. The Hall–Kier alpha value is -1.37. The highest BCUT2D eigenvalue weighted by Gasteiger charge is 2.49. The molecule has 20 heavy (non-hydrogen) atoms. The summed E-state index contributed by atoms with van der Waals surface area (Å²) in [6.07, 6.45) is 9.48. The smallest absolute Gasteiger partial charge is 0.0867 e. The third-order valence-corrected chi connectivity index (χ3v) is 4.96. The first-order valence-electron chi connectivity index (χ1n) is 7.07. The molecule has 0 aliphatic carbocycles. The molecule has 2 aliphatic heterocycles. The normalized spacial score (nSPS) is 32.8. The van der Waals surface area contributed by atoms with Crippen LogP contribution < -0.4 is 0 Å². The molecular formula is C16H18ClN3. The molecule has 2 bridgehead atoms. The van der Waals surface area contributed by atoms with E-state index in [2.05, 4.69) is 22.5 Å². The van der Waals surface area contributed by atoms with Gasteiger partial charge in [-0.2, -0.15) is 5.26 Å². The van der Waals surface area contributed by atoms with Crippen LogP contribution in [0.3, 0.4) is 0 Å². The Morgan fingerprint density at radius 1 is 1.45 bits per heavy atom. The van der Waals surface area contributed by atoms with Crippen molar-refractivity contribution in [2.75, 3.05) is 6.54 Å². The lowest BCUT2D eigenvalue weighted by Crippen LogP contribution is -2.49. The molecule has 2 saturated heterocycles. The van der Waals surface area contributed by atoms with Gasteiger partial charge in [0.25, 0.3) is 0 Å². The standard InChI is InChI=1S/C16H18ClN3/c1-2-5-20-14-3-4-15(20)8-16(7-14,11-18)12-6-13(17)10-19-9-12/h2,6,9-10,14-15H,1,3-5,7-8H2. The second-order valence-corrected chi connectivity index (χ2v) is 6.30. The Bertz CT molecular complexity index is 549. The van der Waals surface area contributed by atoms with Gasteiger partial charge < -0.3 is 0 Å². The predicted octanol–water partition coefficient (Wildman–Crippen LogP) is 3.31. The van der Waals surface area contributed by atoms with E-state index in [1.54, 1.807) is 12.4 Å². The Morgan fingerprint density at radius 3 is 2.70 bits per heavy atom. The van der Waals surface area contributed by atoms with Crippen molar-refractivity contribution in [2.24, 2.45) is 0 Å². The molecule has 1 aromatic heterocycles. The van der Waals surface area contributed by atoms with Gasteiger partial charge in [-0.15, -0.1) is 6.58 Å². The first-order valence-corrected chi connectivity index (χ1v) is 7.45. The SMILES string of the molecule is C=CCN1C2CCC1CC(C#N)(c1cncc(Cl)c1)C2. The third-order valence-electron chi connectivity index (χ3n) is 4.75. The molecular weight excluding hydrogens is 270 g/mol. The molecule has 2 fully saturated rings. The van der Waals surface area contributed by atoms with Gasteiger partial charge in [-0.05, 0) is 37.3 Å². The van der Waals surface area contributed by atoms with Crippen LogP contribution in [-0.2, 0) is 5.41 Å². The van der Waals surface area contributed by atoms with Crippen molar-refractivity contribution in [1.82, 2.24) is 9.88 Å². The van der Waals surface area contributed by atoms with E-state index in [0.717, 1.165) is 24.9 Å². The summed E-state index contributed by atoms with van der Waals surface area (Å²) in [4.78, 5) is 6.67. The quantitative estimate of drug-likeness (QED) is 0.801. The maximum Gasteiger partial charge on any atom is 0.0867 e. The fraction of sp³-hybridized carbons (Fsp3) is 0.500. The van der Waals surface area contributed by atoms with Crippen molar-refractivity contribution in [3.63, 3.8) is 0 Å². The first kappa shape index (κ1) is 13.6. The summed E-state index contributed by atoms with van der Waals surface area (Å²) in [5, 5.41) is 10.4. The van der Waals surface area contributed by atoms with Crippen molar-refractivity contribution >= 4 is 11.6 Å². The van der Waals surface area contributed by atoms with E-state index in [4.69, 9.17) is 11.6 Å². The number of piperidine rings is 1. The number of hydrogen-bond donors (Lipinski definition) is 0. The summed E-state index contributed by atoms with van der Waals surface area (Å²) in [5.74, 6) is 0. The highest BCUT2D eigenvalue weighted by molar-refractivity contribution is 6.30. The maximum atomic E-state index is 9.81. The topological polar surface area (TPSA) is 39.9 Å². The Morgan fingerprint density at radius 2 is 2.15 bits per heavy atom. The number of aromatic nitrogens is 1. The lowest BCUT2D eigenvalue weighted by Gasteiger charge is -2.43. The van der Waals surface area contributed by atoms with Gasteiger partial charge in [-0.1, -0.05) is 17.7 Å². The van der Waals surface area contributed by atoms with E-state index in [0.29, 0.717) is 17.1 Å². The van der Waals surface area contributed by atoms with Crippen LogP contribution in [0.2, 0.25) is 5.02 Å². The van der Waals surface area contributed by atoms with Gasteiger partial charge >= 0.3 is 0 Å². The Labute approximate surface area is 124 Å². The zero-order valence-corrected chi connectivity index (χ0v) is 12.2. The van der Waals surface area contributed by atoms with E-state index in [1.807, 2.05) is 12.1 Å². The molecule has 4 heteroatoms. The Kier molecular flexibility index (Phi) is 3.54. The first-order chi connectivity index (χ1) is 9.68. The predicted molar refractivity (Wildman–Crippen MR) is 79.5 cm³/mol. The number of rotatable bonds is 3. The van der Waals surface area contributed by atoms with Crippen molar-refractivity contribution in [1.29, 1.82) is 5.26 Å². The monoisotopic (exact) mass is 287 g/mol. The van der Waals surface area contributed by atoms with Crippen LogP contribution >= 0.6 is 11.6 Å². The van der Waals surface area contributed by atoms with Crippen LogP contribution in [0.1, 0.15) is 31.2 Å². The van der Waals surface area contributed by atoms with Gasteiger partial charge in [0.2, 0.25) is 0 Å². The van der Waals surface area contributed by atoms with Gasteiger partial charge in [0.15, 0.2) is 0 Å². The summed E-state index contributed by atoms with van der Waals surface area (Å²) >= 11 is 6.05. The average Bonchev–Trinajstić information content (AvgIpc) is 2.71. The molecule has 0 N–H and O–H groups in total. The lowest BCUT2D eigenvalue weighted by molar-refractivity contribution is 0.119. The lowest BCUT2D eigenvalue weighted by atomic mass is 9.71. The number of halogens is 1. The zero-order valence-electron chi connectivity index (χ0n) is 11.4. The molecule has 0 radical (unpaired) electrons. The summed E-state index contributed by atoms with van der Waals surface area (Å²) in [6.45, 7) is 4.76. The highest BCUT2D eigenvalue weighted by Crippen LogP contribution is 2.46. The molecule has 2 atom stereocenters. The van der Waals surface area contributed by atoms with Gasteiger partial charge in [0.05, 0.1) is 16.5 Å². The van der Waals surface area contributed by atoms with Crippen molar-refractivity contribution in [3.8, 4) is 6.07 Å². The fourth-order valence-corrected chi connectivity index (χ4v) is 4.03. The van der Waals surface area contributed by atoms with Crippen LogP contribution in [0.15, 0.2) is 31.1 Å². The van der Waals surface area contributed by atoms with Gasteiger partial charge in [-0.3, -0.25) is 9.88 Å². The molecule has 3 heterocycles. The summed E-state index contributed by atoms with van der Waals surface area (Å²) in [5.41, 5.74) is 0.546. The molecule has 0 saturated carbocycles. The largest absolute Gasteiger partial charge is 0.294 e. The average molecular weight is 288 g/mol. The van der Waals surface area contributed by atoms with E-state index in [1.165, 1.54) is 12.8 Å². The molecule has 1 aromatic rings. The molecule has 104 valence electrons. The second kappa shape index (κ2) is 5.20. The van der Waals surface area contributed by atoms with Crippen LogP contribution in [0.25, 0.3) is 0 Å². The molecule has 2 unspecified atom stereocenters. The number of nitriles is 1. The molecule has 2 aliphatic rings. The van der Waals surface area contributed by atoms with Gasteiger partial charge in [0, 0.05) is 31.0 Å². The summed E-state index contributed by atoms with van der Waals surface area (Å²) < 4.78 is 0. The minimum Gasteiger partial charge on any atom is -0.294 e. The van der Waals surface area contributed by atoms with E-state index in [-0.39, 0.29) is 0 Å². The number of hydrogen-bond acceptors (Lipinski definition) is 3. The maximum absolute atomic E-state index is 9.81. The van der Waals surface area contributed by atoms with E-state index < -0.39 is 5.41 Å². The van der Waals surface area contributed by atoms with Gasteiger partial charge in [-0.25, -0.2) is 0 Å². The molecule has 0 spiro atoms. The van der Waals surface area contributed by atoms with Crippen LogP contribution in [0, 0.1) is 11.3 Å². The third kappa shape index (κ3) is 2.13. The number of pyridine rings is 1. The second-order valence-electron chi connectivity index (χ2n) is 5.86. The molecule has 3 rings (SSSR count). The van der Waals surface area contributed by atoms with Gasteiger partial charge in [0.1, 0.15) is 0 Å². The van der Waals surface area contributed by atoms with E-state index in [9.17, 15) is 5.26 Å². The highest BCUT2D eigenvalue weighted by atomic mass is 35.5. The van der Waals surface area contributed by atoms with Crippen LogP contribution in [0.5, 0.6) is 0 Å². The Balaban J connectivity index is 1.94. The van der Waals surface area contributed by atoms with Crippen molar-refractivity contribution in [3.05, 3.63) is 41.7 Å². The zero-order chi connectivity index (χ0) is 14.2. The van der Waals surface area contributed by atoms with E-state index >= 15 is 0 Å². The van der Waals surface area contributed by atoms with Crippen LogP contribution in [0.4, 0.5) is 0 Å². The van der Waals surface area contributed by atoms with Crippen molar-refractivity contribution < 1.29 is 0 Å². The number of fused-ring (bicyclic) bond motifs is 2. The summed E-state index contributed by atoms with van der Waals surface area (Å²) in [7, 11) is 0. The van der Waals surface area contributed by atoms with Crippen molar-refractivity contribution in [2.45, 2.75) is 43.2 Å².